The molecule has 1 aliphatic rings. The molecule has 1 aliphatic carbocycles. The van der Waals surface area contributed by atoms with Crippen molar-refractivity contribution in [3.8, 4) is 0 Å². The van der Waals surface area contributed by atoms with E-state index in [1.165, 1.54) is 14.2 Å². The predicted molar refractivity (Wildman–Crippen MR) is 51.3 cm³/mol. The predicted octanol–water partition coefficient (Wildman–Crippen LogP) is 2.37. The Hall–Kier alpha value is -0.780. The van der Waals surface area contributed by atoms with Crippen molar-refractivity contribution in [2.24, 2.45) is 11.8 Å². The van der Waals surface area contributed by atoms with Crippen LogP contribution in [0.15, 0.2) is 0 Å². The van der Waals surface area contributed by atoms with Crippen LogP contribution in [0.2, 0.25) is 0 Å². The second-order valence-electron chi connectivity index (χ2n) is 4.12. The van der Waals surface area contributed by atoms with E-state index < -0.39 is 18.0 Å². The number of hydrogen-bond acceptors (Lipinski definition) is 2. The summed E-state index contributed by atoms with van der Waals surface area (Å²) in [5, 5.41) is 1.00. The molecule has 0 unspecified atom stereocenters. The van der Waals surface area contributed by atoms with Crippen LogP contribution in [-0.4, -0.2) is 31.3 Å². The van der Waals surface area contributed by atoms with Crippen LogP contribution < -0.4 is 0 Å². The van der Waals surface area contributed by atoms with Crippen molar-refractivity contribution in [3.05, 3.63) is 0 Å². The molecule has 2 atom stereocenters. The van der Waals surface area contributed by atoms with E-state index in [0.29, 0.717) is 12.8 Å². The average molecular weight is 239 g/mol. The van der Waals surface area contributed by atoms with Gasteiger partial charge in [-0.3, -0.25) is 9.63 Å². The highest BCUT2D eigenvalue weighted by Crippen LogP contribution is 2.40. The zero-order chi connectivity index (χ0) is 12.3. The number of halogens is 3. The standard InChI is InChI=1S/C10H16F3NO2/c1-14(16-2)9(15)7-4-3-5-8(6-7)10(11,12)13/h7-8H,3-6H2,1-2H3/t7-,8-/m0/s1. The van der Waals surface area contributed by atoms with Gasteiger partial charge in [-0.15, -0.1) is 0 Å². The highest BCUT2D eigenvalue weighted by molar-refractivity contribution is 5.77. The summed E-state index contributed by atoms with van der Waals surface area (Å²) in [5.74, 6) is -2.28. The lowest BCUT2D eigenvalue weighted by atomic mass is 9.80. The molecule has 0 aliphatic heterocycles. The lowest BCUT2D eigenvalue weighted by Gasteiger charge is -2.31. The average Bonchev–Trinajstić information content (AvgIpc) is 2.26. The highest BCUT2D eigenvalue weighted by atomic mass is 19.4. The summed E-state index contributed by atoms with van der Waals surface area (Å²) in [6.45, 7) is 0. The van der Waals surface area contributed by atoms with Crippen molar-refractivity contribution in [2.45, 2.75) is 31.9 Å². The van der Waals surface area contributed by atoms with Gasteiger partial charge in [-0.05, 0) is 19.3 Å². The minimum Gasteiger partial charge on any atom is -0.275 e. The van der Waals surface area contributed by atoms with E-state index in [0.717, 1.165) is 5.06 Å². The van der Waals surface area contributed by atoms with E-state index in [-0.39, 0.29) is 18.7 Å². The van der Waals surface area contributed by atoms with E-state index in [9.17, 15) is 18.0 Å². The lowest BCUT2D eigenvalue weighted by Crippen LogP contribution is -2.37. The Morgan fingerprint density at radius 2 is 2.00 bits per heavy atom. The molecular weight excluding hydrogens is 223 g/mol. The van der Waals surface area contributed by atoms with Crippen molar-refractivity contribution in [3.63, 3.8) is 0 Å². The maximum Gasteiger partial charge on any atom is 0.391 e. The molecule has 0 N–H and O–H groups in total. The van der Waals surface area contributed by atoms with Gasteiger partial charge < -0.3 is 0 Å². The number of hydrogen-bond donors (Lipinski definition) is 0. The third-order valence-corrected chi connectivity index (χ3v) is 3.07. The first-order chi connectivity index (χ1) is 7.36. The smallest absolute Gasteiger partial charge is 0.275 e. The van der Waals surface area contributed by atoms with Crippen LogP contribution in [0.5, 0.6) is 0 Å². The van der Waals surface area contributed by atoms with E-state index >= 15 is 0 Å². The molecule has 0 bridgehead atoms. The van der Waals surface area contributed by atoms with Crippen LogP contribution in [0.25, 0.3) is 0 Å². The third-order valence-electron chi connectivity index (χ3n) is 3.07. The van der Waals surface area contributed by atoms with Crippen LogP contribution in [0, 0.1) is 11.8 Å². The van der Waals surface area contributed by atoms with Crippen molar-refractivity contribution in [2.75, 3.05) is 14.2 Å². The molecule has 1 fully saturated rings. The van der Waals surface area contributed by atoms with Crippen LogP contribution in [0.4, 0.5) is 13.2 Å². The van der Waals surface area contributed by atoms with Gasteiger partial charge in [0.15, 0.2) is 0 Å². The van der Waals surface area contributed by atoms with Crippen molar-refractivity contribution < 1.29 is 22.8 Å². The second kappa shape index (κ2) is 5.03. The van der Waals surface area contributed by atoms with Crippen molar-refractivity contribution in [1.29, 1.82) is 0 Å². The molecule has 3 nitrogen and oxygen atoms in total. The van der Waals surface area contributed by atoms with Crippen LogP contribution in [0.1, 0.15) is 25.7 Å². The van der Waals surface area contributed by atoms with Gasteiger partial charge in [-0.2, -0.15) is 13.2 Å². The first kappa shape index (κ1) is 13.3. The molecule has 0 saturated heterocycles. The Morgan fingerprint density at radius 1 is 1.38 bits per heavy atom. The van der Waals surface area contributed by atoms with Crippen LogP contribution in [0.3, 0.4) is 0 Å². The van der Waals surface area contributed by atoms with E-state index in [4.69, 9.17) is 0 Å². The van der Waals surface area contributed by atoms with E-state index in [1.807, 2.05) is 0 Å². The van der Waals surface area contributed by atoms with Gasteiger partial charge in [0.05, 0.1) is 13.0 Å². The number of alkyl halides is 3. The molecule has 0 heterocycles. The molecule has 1 amide bonds. The number of rotatable bonds is 2. The van der Waals surface area contributed by atoms with Gasteiger partial charge in [0.25, 0.3) is 0 Å². The van der Waals surface area contributed by atoms with Crippen molar-refractivity contribution >= 4 is 5.91 Å². The quantitative estimate of drug-likeness (QED) is 0.692. The maximum atomic E-state index is 12.5. The fourth-order valence-electron chi connectivity index (χ4n) is 2.06. The molecule has 0 aromatic heterocycles. The maximum absolute atomic E-state index is 12.5. The van der Waals surface area contributed by atoms with E-state index in [1.54, 1.807) is 0 Å². The monoisotopic (exact) mass is 239 g/mol. The molecule has 0 radical (unpaired) electrons. The summed E-state index contributed by atoms with van der Waals surface area (Å²) in [4.78, 5) is 16.3. The zero-order valence-corrected chi connectivity index (χ0v) is 9.38. The first-order valence-corrected chi connectivity index (χ1v) is 5.24. The summed E-state index contributed by atoms with van der Waals surface area (Å²) < 4.78 is 37.5. The van der Waals surface area contributed by atoms with Crippen LogP contribution >= 0.6 is 0 Å². The Kier molecular flexibility index (Phi) is 4.18. The summed E-state index contributed by atoms with van der Waals surface area (Å²) >= 11 is 0. The van der Waals surface area contributed by atoms with Gasteiger partial charge >= 0.3 is 6.18 Å². The summed E-state index contributed by atoms with van der Waals surface area (Å²) in [5.41, 5.74) is 0. The number of hydroxylamine groups is 2. The molecule has 16 heavy (non-hydrogen) atoms. The zero-order valence-electron chi connectivity index (χ0n) is 9.38. The lowest BCUT2D eigenvalue weighted by molar-refractivity contribution is -0.194. The first-order valence-electron chi connectivity index (χ1n) is 5.24. The SMILES string of the molecule is CON(C)C(=O)[C@H]1CCC[C@H](C(F)(F)F)C1. The van der Waals surface area contributed by atoms with Gasteiger partial charge in [-0.25, -0.2) is 5.06 Å². The molecule has 1 saturated carbocycles. The largest absolute Gasteiger partial charge is 0.391 e. The minimum absolute atomic E-state index is 0.115. The Bertz CT molecular complexity index is 255. The van der Waals surface area contributed by atoms with Gasteiger partial charge in [0.2, 0.25) is 5.91 Å². The normalized spacial score (nSPS) is 26.6. The fourth-order valence-corrected chi connectivity index (χ4v) is 2.06. The number of amides is 1. The van der Waals surface area contributed by atoms with Crippen LogP contribution in [-0.2, 0) is 9.63 Å². The number of nitrogens with zero attached hydrogens (tertiary/aromatic N) is 1. The molecule has 1 rings (SSSR count). The number of carbonyl (C=O) groups is 1. The van der Waals surface area contributed by atoms with Gasteiger partial charge in [0.1, 0.15) is 0 Å². The molecule has 94 valence electrons. The van der Waals surface area contributed by atoms with Gasteiger partial charge in [0, 0.05) is 13.0 Å². The van der Waals surface area contributed by atoms with E-state index in [2.05, 4.69) is 4.84 Å². The molecule has 0 spiro atoms. The topological polar surface area (TPSA) is 29.5 Å². The Balaban J connectivity index is 2.60. The molecule has 0 aromatic carbocycles. The van der Waals surface area contributed by atoms with Gasteiger partial charge in [-0.1, -0.05) is 6.42 Å². The highest BCUT2D eigenvalue weighted by Gasteiger charge is 2.44. The Morgan fingerprint density at radius 3 is 2.50 bits per heavy atom. The summed E-state index contributed by atoms with van der Waals surface area (Å²) in [7, 11) is 2.74. The second-order valence-corrected chi connectivity index (χ2v) is 4.12. The summed E-state index contributed by atoms with van der Waals surface area (Å²) in [6.07, 6.45) is -3.22. The molecular formula is C10H16F3NO2. The molecule has 0 aromatic rings. The fraction of sp³-hybridized carbons (Fsp3) is 0.900. The van der Waals surface area contributed by atoms with Crippen molar-refractivity contribution in [1.82, 2.24) is 5.06 Å². The number of carbonyl (C=O) groups excluding carboxylic acids is 1. The molecule has 6 heteroatoms. The Labute approximate surface area is 92.5 Å². The minimum atomic E-state index is -4.19. The third kappa shape index (κ3) is 3.10. The summed E-state index contributed by atoms with van der Waals surface area (Å²) in [6, 6.07) is 0.